The molecule has 3 heterocycles. The minimum absolute atomic E-state index is 0.0632. The number of aromatic nitrogens is 4. The number of carbonyl (C=O) groups is 2. The Morgan fingerprint density at radius 2 is 1.67 bits per heavy atom. The van der Waals surface area contributed by atoms with Crippen LogP contribution in [0, 0.1) is 0 Å². The van der Waals surface area contributed by atoms with Crippen LogP contribution in [-0.4, -0.2) is 65.5 Å². The van der Waals surface area contributed by atoms with Gasteiger partial charge < -0.3 is 14.7 Å². The highest BCUT2D eigenvalue weighted by Gasteiger charge is 2.35. The number of aryl methyl sites for hydroxylation is 1. The molecule has 1 aliphatic rings. The summed E-state index contributed by atoms with van der Waals surface area (Å²) < 4.78 is 8.45. The summed E-state index contributed by atoms with van der Waals surface area (Å²) in [5.74, 6) is -0.235. The number of amides is 1. The van der Waals surface area contributed by atoms with Crippen molar-refractivity contribution >= 4 is 22.9 Å². The smallest absolute Gasteiger partial charge is 0.338 e. The minimum atomic E-state index is -1.14. The molecule has 10 nitrogen and oxygen atoms in total. The Kier molecular flexibility index (Phi) is 8.25. The van der Waals surface area contributed by atoms with Crippen molar-refractivity contribution < 1.29 is 19.4 Å². The van der Waals surface area contributed by atoms with Crippen LogP contribution in [0.15, 0.2) is 65.7 Å². The van der Waals surface area contributed by atoms with Gasteiger partial charge in [-0.3, -0.25) is 18.8 Å². The van der Waals surface area contributed by atoms with Crippen LogP contribution in [0.2, 0.25) is 0 Å². The first-order valence-electron chi connectivity index (χ1n) is 14.6. The van der Waals surface area contributed by atoms with Gasteiger partial charge in [0.25, 0.3) is 5.56 Å². The molecule has 226 valence electrons. The summed E-state index contributed by atoms with van der Waals surface area (Å²) in [6.45, 7) is 8.41. The molecule has 1 N–H and O–H groups in total. The third-order valence-electron chi connectivity index (χ3n) is 7.97. The molecule has 4 aromatic rings. The zero-order chi connectivity index (χ0) is 30.9. The summed E-state index contributed by atoms with van der Waals surface area (Å²) in [5, 5.41) is 15.8. The zero-order valence-electron chi connectivity index (χ0n) is 25.4. The number of hydrogen-bond acceptors (Lipinski definition) is 7. The normalized spacial score (nSPS) is 15.8. The molecule has 0 radical (unpaired) electrons. The number of likely N-dealkylation sites (tertiary alicyclic amines) is 1. The second-order valence-electron chi connectivity index (χ2n) is 12.5. The van der Waals surface area contributed by atoms with Gasteiger partial charge in [0.1, 0.15) is 11.1 Å². The SMILES string of the molecule is C[C@H](CC(=O)N1CCC(O)(Cn2cnc3c(-c4ccc(C(=O)OC(C)(C)C)cc4)n(C)nc3c2=O)CC1)c1ccccc1. The fraction of sp³-hybridized carbons (Fsp3) is 0.424. The second kappa shape index (κ2) is 11.8. The molecule has 2 aromatic carbocycles. The van der Waals surface area contributed by atoms with Gasteiger partial charge in [-0.25, -0.2) is 9.78 Å². The molecule has 1 amide bonds. The molecule has 1 atom stereocenters. The van der Waals surface area contributed by atoms with Crippen molar-refractivity contribution in [3.63, 3.8) is 0 Å². The van der Waals surface area contributed by atoms with Crippen molar-refractivity contribution in [2.45, 2.75) is 70.6 Å². The Bertz CT molecular complexity index is 1680. The van der Waals surface area contributed by atoms with Crippen LogP contribution >= 0.6 is 0 Å². The molecule has 2 aromatic heterocycles. The van der Waals surface area contributed by atoms with Crippen LogP contribution < -0.4 is 5.56 Å². The minimum Gasteiger partial charge on any atom is -0.456 e. The Hall–Kier alpha value is -4.31. The van der Waals surface area contributed by atoms with Gasteiger partial charge in [0, 0.05) is 32.1 Å². The molecular weight excluding hydrogens is 546 g/mol. The summed E-state index contributed by atoms with van der Waals surface area (Å²) in [6.07, 6.45) is 2.58. The van der Waals surface area contributed by atoms with E-state index in [0.29, 0.717) is 49.1 Å². The molecule has 0 aliphatic carbocycles. The average Bonchev–Trinajstić information content (AvgIpc) is 3.31. The van der Waals surface area contributed by atoms with Gasteiger partial charge in [0.15, 0.2) is 5.52 Å². The summed E-state index contributed by atoms with van der Waals surface area (Å²) in [6, 6.07) is 16.9. The maximum Gasteiger partial charge on any atom is 0.338 e. The van der Waals surface area contributed by atoms with Gasteiger partial charge in [-0.1, -0.05) is 49.4 Å². The van der Waals surface area contributed by atoms with Crippen LogP contribution in [0.5, 0.6) is 0 Å². The average molecular weight is 586 g/mol. The van der Waals surface area contributed by atoms with Gasteiger partial charge in [-0.15, -0.1) is 0 Å². The standard InChI is InChI=1S/C33H39N5O5/c1-22(23-9-7-6-8-10-23)19-26(39)37-17-15-33(42,16-18-37)20-38-21-34-27-28(30(38)40)35-36(5)29(27)24-11-13-25(14-12-24)31(41)43-32(2,3)4/h6-14,21-22,42H,15-20H2,1-5H3/t22-/m1/s1. The third-order valence-corrected chi connectivity index (χ3v) is 7.97. The van der Waals surface area contributed by atoms with Crippen LogP contribution in [0.4, 0.5) is 0 Å². The Balaban J connectivity index is 1.27. The summed E-state index contributed by atoms with van der Waals surface area (Å²) in [4.78, 5) is 45.2. The lowest BCUT2D eigenvalue weighted by atomic mass is 9.90. The van der Waals surface area contributed by atoms with E-state index in [2.05, 4.69) is 10.1 Å². The predicted molar refractivity (Wildman–Crippen MR) is 164 cm³/mol. The fourth-order valence-corrected chi connectivity index (χ4v) is 5.57. The Morgan fingerprint density at radius 3 is 2.30 bits per heavy atom. The van der Waals surface area contributed by atoms with Crippen molar-refractivity contribution in [3.8, 4) is 11.3 Å². The predicted octanol–water partition coefficient (Wildman–Crippen LogP) is 4.30. The molecule has 0 unspecified atom stereocenters. The number of rotatable bonds is 7. The lowest BCUT2D eigenvalue weighted by Gasteiger charge is -2.38. The molecule has 0 bridgehead atoms. The zero-order valence-corrected chi connectivity index (χ0v) is 25.4. The monoisotopic (exact) mass is 585 g/mol. The Labute approximate surface area is 250 Å². The van der Waals surface area contributed by atoms with E-state index in [1.165, 1.54) is 10.9 Å². The molecule has 0 saturated carbocycles. The molecule has 5 rings (SSSR count). The quantitative estimate of drug-likeness (QED) is 0.321. The molecule has 1 saturated heterocycles. The van der Waals surface area contributed by atoms with Crippen molar-refractivity contribution in [2.75, 3.05) is 13.1 Å². The van der Waals surface area contributed by atoms with Crippen molar-refractivity contribution in [1.82, 2.24) is 24.2 Å². The second-order valence-corrected chi connectivity index (χ2v) is 12.5. The van der Waals surface area contributed by atoms with Crippen molar-refractivity contribution in [3.05, 3.63) is 82.4 Å². The first kappa shape index (κ1) is 30.2. The number of ether oxygens (including phenoxy) is 1. The summed E-state index contributed by atoms with van der Waals surface area (Å²) in [5.41, 5.74) is 1.49. The van der Waals surface area contributed by atoms with E-state index in [0.717, 1.165) is 11.1 Å². The lowest BCUT2D eigenvalue weighted by Crippen LogP contribution is -2.49. The van der Waals surface area contributed by atoms with Crippen LogP contribution in [-0.2, 0) is 23.1 Å². The highest BCUT2D eigenvalue weighted by Crippen LogP contribution is 2.28. The van der Waals surface area contributed by atoms with E-state index in [1.54, 1.807) is 40.9 Å². The fourth-order valence-electron chi connectivity index (χ4n) is 5.57. The molecule has 1 aliphatic heterocycles. The summed E-state index contributed by atoms with van der Waals surface area (Å²) >= 11 is 0. The van der Waals surface area contributed by atoms with Crippen LogP contribution in [0.1, 0.15) is 68.8 Å². The molecule has 1 fully saturated rings. The highest BCUT2D eigenvalue weighted by atomic mass is 16.6. The Morgan fingerprint density at radius 1 is 1.02 bits per heavy atom. The number of hydrogen-bond donors (Lipinski definition) is 1. The maximum absolute atomic E-state index is 13.5. The van der Waals surface area contributed by atoms with Crippen molar-refractivity contribution in [2.24, 2.45) is 7.05 Å². The number of benzene rings is 2. The van der Waals surface area contributed by atoms with E-state index in [9.17, 15) is 19.5 Å². The number of aliphatic hydroxyl groups is 1. The first-order valence-corrected chi connectivity index (χ1v) is 14.6. The van der Waals surface area contributed by atoms with E-state index in [4.69, 9.17) is 4.74 Å². The van der Waals surface area contributed by atoms with Crippen LogP contribution in [0.25, 0.3) is 22.3 Å². The van der Waals surface area contributed by atoms with E-state index in [-0.39, 0.29) is 29.4 Å². The van der Waals surface area contributed by atoms with E-state index < -0.39 is 17.2 Å². The van der Waals surface area contributed by atoms with Crippen LogP contribution in [0.3, 0.4) is 0 Å². The molecule has 10 heteroatoms. The molecule has 0 spiro atoms. The van der Waals surface area contributed by atoms with Gasteiger partial charge in [-0.05, 0) is 57.2 Å². The number of carbonyl (C=O) groups excluding carboxylic acids is 2. The van der Waals surface area contributed by atoms with Gasteiger partial charge in [-0.2, -0.15) is 5.10 Å². The van der Waals surface area contributed by atoms with Gasteiger partial charge in [0.05, 0.1) is 29.7 Å². The van der Waals surface area contributed by atoms with Gasteiger partial charge in [0.2, 0.25) is 5.91 Å². The van der Waals surface area contributed by atoms with E-state index in [1.807, 2.05) is 58.0 Å². The first-order chi connectivity index (χ1) is 20.3. The maximum atomic E-state index is 13.5. The third kappa shape index (κ3) is 6.69. The highest BCUT2D eigenvalue weighted by molar-refractivity contribution is 5.92. The van der Waals surface area contributed by atoms with E-state index >= 15 is 0 Å². The lowest BCUT2D eigenvalue weighted by molar-refractivity contribution is -0.136. The number of piperidine rings is 1. The summed E-state index contributed by atoms with van der Waals surface area (Å²) in [7, 11) is 1.74. The number of esters is 1. The van der Waals surface area contributed by atoms with Gasteiger partial charge >= 0.3 is 5.97 Å². The van der Waals surface area contributed by atoms with Crippen molar-refractivity contribution in [1.29, 1.82) is 0 Å². The molecular formula is C33H39N5O5. The molecule has 43 heavy (non-hydrogen) atoms. The topological polar surface area (TPSA) is 120 Å². The largest absolute Gasteiger partial charge is 0.456 e. The number of fused-ring (bicyclic) bond motifs is 1. The number of nitrogens with zero attached hydrogens (tertiary/aromatic N) is 5.